The van der Waals surface area contributed by atoms with Crippen molar-refractivity contribution >= 4 is 15.9 Å². The van der Waals surface area contributed by atoms with Gasteiger partial charge < -0.3 is 9.84 Å². The summed E-state index contributed by atoms with van der Waals surface area (Å²) in [6.07, 6.45) is -0.0378. The van der Waals surface area contributed by atoms with Crippen molar-refractivity contribution in [2.45, 2.75) is 19.4 Å². The van der Waals surface area contributed by atoms with Gasteiger partial charge in [-0.1, -0.05) is 5.21 Å². The smallest absolute Gasteiger partial charge is 0.154 e. The predicted molar refractivity (Wildman–Crippen MR) is 54.8 cm³/mol. The molecule has 1 aromatic heterocycles. The minimum Gasteiger partial charge on any atom is -0.387 e. The number of hydrogen-bond acceptors (Lipinski definition) is 4. The van der Waals surface area contributed by atoms with Crippen molar-refractivity contribution in [2.75, 3.05) is 13.2 Å². The van der Waals surface area contributed by atoms with Gasteiger partial charge >= 0.3 is 0 Å². The lowest BCUT2D eigenvalue weighted by molar-refractivity contribution is 0.0843. The second kappa shape index (κ2) is 5.43. The minimum absolute atomic E-state index is 0.537. The Balaban J connectivity index is 2.55. The molecule has 0 aliphatic rings. The molecule has 14 heavy (non-hydrogen) atoms. The Kier molecular flexibility index (Phi) is 4.50. The summed E-state index contributed by atoms with van der Waals surface area (Å²) in [4.78, 5) is 0. The summed E-state index contributed by atoms with van der Waals surface area (Å²) < 4.78 is 7.30. The highest BCUT2D eigenvalue weighted by Gasteiger charge is 2.16. The molecule has 5 nitrogen and oxygen atoms in total. The van der Waals surface area contributed by atoms with Crippen LogP contribution in [0.15, 0.2) is 4.60 Å². The van der Waals surface area contributed by atoms with Crippen molar-refractivity contribution in [3.63, 3.8) is 0 Å². The molecule has 1 aromatic rings. The van der Waals surface area contributed by atoms with Crippen molar-refractivity contribution in [3.05, 3.63) is 10.3 Å². The van der Waals surface area contributed by atoms with Gasteiger partial charge in [-0.15, -0.1) is 5.10 Å². The van der Waals surface area contributed by atoms with Crippen molar-refractivity contribution < 1.29 is 9.84 Å². The predicted octanol–water partition coefficient (Wildman–Crippen LogP) is 1.04. The molecule has 1 rings (SSSR count). The minimum atomic E-state index is -0.587. The molecule has 1 N–H and O–H groups in total. The van der Waals surface area contributed by atoms with Crippen LogP contribution in [-0.2, 0) is 11.8 Å². The Morgan fingerprint density at radius 1 is 1.64 bits per heavy atom. The molecule has 0 radical (unpaired) electrons. The Hall–Kier alpha value is -0.460. The van der Waals surface area contributed by atoms with Crippen LogP contribution < -0.4 is 0 Å². The first-order valence-corrected chi connectivity index (χ1v) is 5.27. The van der Waals surface area contributed by atoms with Crippen LogP contribution in [0.25, 0.3) is 0 Å². The van der Waals surface area contributed by atoms with E-state index in [9.17, 15) is 5.11 Å². The molecule has 0 amide bonds. The van der Waals surface area contributed by atoms with Crippen LogP contribution in [-0.4, -0.2) is 33.3 Å². The number of aliphatic hydroxyl groups is 1. The normalized spacial score (nSPS) is 13.1. The zero-order valence-corrected chi connectivity index (χ0v) is 9.86. The third-order valence-electron chi connectivity index (χ3n) is 1.88. The number of ether oxygens (including phenoxy) is 1. The lowest BCUT2D eigenvalue weighted by Crippen LogP contribution is -2.08. The quantitative estimate of drug-likeness (QED) is 0.807. The summed E-state index contributed by atoms with van der Waals surface area (Å²) in [7, 11) is 1.75. The van der Waals surface area contributed by atoms with E-state index >= 15 is 0 Å². The van der Waals surface area contributed by atoms with Crippen LogP contribution in [0, 0.1) is 0 Å². The molecule has 0 spiro atoms. The van der Waals surface area contributed by atoms with Gasteiger partial charge in [-0.3, -0.25) is 0 Å². The molecular weight excluding hydrogens is 250 g/mol. The molecule has 0 aliphatic carbocycles. The van der Waals surface area contributed by atoms with Crippen LogP contribution in [0.4, 0.5) is 0 Å². The first-order chi connectivity index (χ1) is 6.66. The molecule has 1 unspecified atom stereocenters. The number of aliphatic hydroxyl groups excluding tert-OH is 1. The standard InChI is InChI=1S/C8H14BrN3O2/c1-3-14-5-4-6(13)7-8(9)10-11-12(7)2/h6,13H,3-5H2,1-2H3. The molecule has 0 bridgehead atoms. The second-order valence-electron chi connectivity index (χ2n) is 2.89. The molecule has 80 valence electrons. The van der Waals surface area contributed by atoms with E-state index < -0.39 is 6.10 Å². The maximum Gasteiger partial charge on any atom is 0.154 e. The van der Waals surface area contributed by atoms with Crippen molar-refractivity contribution in [3.8, 4) is 0 Å². The molecule has 0 saturated heterocycles. The van der Waals surface area contributed by atoms with Gasteiger partial charge in [-0.25, -0.2) is 4.68 Å². The summed E-state index contributed by atoms with van der Waals surface area (Å²) in [5.41, 5.74) is 0.685. The molecule has 0 saturated carbocycles. The van der Waals surface area contributed by atoms with Gasteiger partial charge in [0.05, 0.1) is 0 Å². The van der Waals surface area contributed by atoms with Gasteiger partial charge in [0.25, 0.3) is 0 Å². The van der Waals surface area contributed by atoms with E-state index in [2.05, 4.69) is 26.2 Å². The SMILES string of the molecule is CCOCCC(O)c1c(Br)nnn1C. The summed E-state index contributed by atoms with van der Waals surface area (Å²) in [5, 5.41) is 17.4. The monoisotopic (exact) mass is 263 g/mol. The molecule has 1 heterocycles. The largest absolute Gasteiger partial charge is 0.387 e. The summed E-state index contributed by atoms with van der Waals surface area (Å²) in [5.74, 6) is 0. The average molecular weight is 264 g/mol. The third kappa shape index (κ3) is 2.76. The van der Waals surface area contributed by atoms with Crippen LogP contribution in [0.5, 0.6) is 0 Å². The van der Waals surface area contributed by atoms with Crippen LogP contribution in [0.1, 0.15) is 25.1 Å². The fourth-order valence-electron chi connectivity index (χ4n) is 1.17. The topological polar surface area (TPSA) is 60.2 Å². The number of hydrogen-bond donors (Lipinski definition) is 1. The van der Waals surface area contributed by atoms with Crippen LogP contribution >= 0.6 is 15.9 Å². The zero-order valence-electron chi connectivity index (χ0n) is 8.27. The molecular formula is C8H14BrN3O2. The summed E-state index contributed by atoms with van der Waals surface area (Å²) >= 11 is 3.23. The van der Waals surface area contributed by atoms with Gasteiger partial charge in [-0.2, -0.15) is 0 Å². The Morgan fingerprint density at radius 2 is 2.36 bits per heavy atom. The van der Waals surface area contributed by atoms with Gasteiger partial charge in [0, 0.05) is 26.7 Å². The maximum atomic E-state index is 9.79. The molecule has 1 atom stereocenters. The maximum absolute atomic E-state index is 9.79. The Bertz CT molecular complexity index is 271. The fourth-order valence-corrected chi connectivity index (χ4v) is 1.76. The molecule has 0 aromatic carbocycles. The van der Waals surface area contributed by atoms with E-state index in [0.717, 1.165) is 0 Å². The van der Waals surface area contributed by atoms with E-state index in [-0.39, 0.29) is 0 Å². The van der Waals surface area contributed by atoms with E-state index in [1.807, 2.05) is 6.92 Å². The Labute approximate surface area is 91.2 Å². The molecule has 6 heteroatoms. The van der Waals surface area contributed by atoms with E-state index in [1.54, 1.807) is 11.7 Å². The number of aryl methyl sites for hydroxylation is 1. The Morgan fingerprint density at radius 3 is 2.86 bits per heavy atom. The summed E-state index contributed by atoms with van der Waals surface area (Å²) in [6.45, 7) is 3.13. The number of rotatable bonds is 5. The fraction of sp³-hybridized carbons (Fsp3) is 0.750. The third-order valence-corrected chi connectivity index (χ3v) is 2.45. The van der Waals surface area contributed by atoms with E-state index in [0.29, 0.717) is 29.9 Å². The average Bonchev–Trinajstić information content (AvgIpc) is 2.46. The van der Waals surface area contributed by atoms with Crippen LogP contribution in [0.3, 0.4) is 0 Å². The number of nitrogens with zero attached hydrogens (tertiary/aromatic N) is 3. The van der Waals surface area contributed by atoms with Crippen molar-refractivity contribution in [2.24, 2.45) is 7.05 Å². The lowest BCUT2D eigenvalue weighted by Gasteiger charge is -2.10. The van der Waals surface area contributed by atoms with Gasteiger partial charge in [0.15, 0.2) is 4.60 Å². The van der Waals surface area contributed by atoms with Gasteiger partial charge in [0.1, 0.15) is 11.8 Å². The van der Waals surface area contributed by atoms with Gasteiger partial charge in [0.2, 0.25) is 0 Å². The highest BCUT2D eigenvalue weighted by atomic mass is 79.9. The van der Waals surface area contributed by atoms with Crippen molar-refractivity contribution in [1.82, 2.24) is 15.0 Å². The van der Waals surface area contributed by atoms with Crippen molar-refractivity contribution in [1.29, 1.82) is 0 Å². The highest BCUT2D eigenvalue weighted by Crippen LogP contribution is 2.22. The highest BCUT2D eigenvalue weighted by molar-refractivity contribution is 9.10. The first-order valence-electron chi connectivity index (χ1n) is 4.47. The first kappa shape index (κ1) is 11.6. The number of halogens is 1. The molecule has 0 fully saturated rings. The van der Waals surface area contributed by atoms with Crippen LogP contribution in [0.2, 0.25) is 0 Å². The van der Waals surface area contributed by atoms with Gasteiger partial charge in [-0.05, 0) is 22.9 Å². The zero-order chi connectivity index (χ0) is 10.6. The van der Waals surface area contributed by atoms with E-state index in [1.165, 1.54) is 0 Å². The lowest BCUT2D eigenvalue weighted by atomic mass is 10.2. The summed E-state index contributed by atoms with van der Waals surface area (Å²) in [6, 6.07) is 0. The molecule has 0 aliphatic heterocycles. The van der Waals surface area contributed by atoms with E-state index in [4.69, 9.17) is 4.74 Å². The second-order valence-corrected chi connectivity index (χ2v) is 3.64. The number of aromatic nitrogens is 3.